The predicted molar refractivity (Wildman–Crippen MR) is 66.8 cm³/mol. The van der Waals surface area contributed by atoms with E-state index in [0.29, 0.717) is 18.8 Å². The Morgan fingerprint density at radius 1 is 1.47 bits per heavy atom. The second kappa shape index (κ2) is 4.66. The van der Waals surface area contributed by atoms with Crippen LogP contribution in [0.1, 0.15) is 6.92 Å². The van der Waals surface area contributed by atoms with Crippen molar-refractivity contribution < 1.29 is 14.6 Å². The van der Waals surface area contributed by atoms with E-state index in [1.807, 2.05) is 12.1 Å². The second-order valence-corrected chi connectivity index (χ2v) is 5.41. The van der Waals surface area contributed by atoms with Crippen molar-refractivity contribution in [2.75, 3.05) is 19.7 Å². The zero-order valence-corrected chi connectivity index (χ0v) is 11.1. The van der Waals surface area contributed by atoms with E-state index in [4.69, 9.17) is 4.74 Å². The minimum absolute atomic E-state index is 0.0116. The summed E-state index contributed by atoms with van der Waals surface area (Å²) in [5, 5.41) is 9.51. The minimum Gasteiger partial charge on any atom is -0.484 e. The van der Waals surface area contributed by atoms with Gasteiger partial charge in [0.2, 0.25) is 0 Å². The van der Waals surface area contributed by atoms with Crippen LogP contribution in [0.3, 0.4) is 0 Å². The van der Waals surface area contributed by atoms with Gasteiger partial charge in [0.15, 0.2) is 6.61 Å². The molecule has 2 rings (SSSR count). The van der Waals surface area contributed by atoms with Crippen molar-refractivity contribution in [1.82, 2.24) is 4.90 Å². The largest absolute Gasteiger partial charge is 0.484 e. The summed E-state index contributed by atoms with van der Waals surface area (Å²) in [5.74, 6) is 0.563. The van der Waals surface area contributed by atoms with Gasteiger partial charge in [-0.1, -0.05) is 15.9 Å². The number of aliphatic hydroxyl groups is 1. The number of carbonyl (C=O) groups excluding carboxylic acids is 1. The molecule has 17 heavy (non-hydrogen) atoms. The summed E-state index contributed by atoms with van der Waals surface area (Å²) >= 11 is 3.32. The Morgan fingerprint density at radius 3 is 2.59 bits per heavy atom. The Morgan fingerprint density at radius 2 is 2.06 bits per heavy atom. The van der Waals surface area contributed by atoms with E-state index in [0.717, 1.165) is 4.47 Å². The number of ether oxygens (including phenoxy) is 1. The lowest BCUT2D eigenvalue weighted by molar-refractivity contribution is -0.154. The molecule has 4 nitrogen and oxygen atoms in total. The maximum atomic E-state index is 11.6. The number of hydrogen-bond acceptors (Lipinski definition) is 3. The van der Waals surface area contributed by atoms with Crippen LogP contribution in [-0.2, 0) is 4.79 Å². The van der Waals surface area contributed by atoms with Gasteiger partial charge in [-0.15, -0.1) is 0 Å². The highest BCUT2D eigenvalue weighted by molar-refractivity contribution is 9.10. The molecule has 0 aromatic heterocycles. The predicted octanol–water partition coefficient (Wildman–Crippen LogP) is 1.42. The molecule has 0 radical (unpaired) electrons. The second-order valence-electron chi connectivity index (χ2n) is 4.49. The van der Waals surface area contributed by atoms with Gasteiger partial charge in [0.25, 0.3) is 5.91 Å². The van der Waals surface area contributed by atoms with Crippen LogP contribution in [-0.4, -0.2) is 41.2 Å². The number of hydrogen-bond donors (Lipinski definition) is 1. The van der Waals surface area contributed by atoms with E-state index >= 15 is 0 Å². The van der Waals surface area contributed by atoms with Crippen LogP contribution in [0.4, 0.5) is 0 Å². The van der Waals surface area contributed by atoms with Crippen LogP contribution in [0, 0.1) is 0 Å². The molecule has 1 amide bonds. The van der Waals surface area contributed by atoms with E-state index in [-0.39, 0.29) is 12.5 Å². The van der Waals surface area contributed by atoms with Gasteiger partial charge in [-0.05, 0) is 31.2 Å². The summed E-state index contributed by atoms with van der Waals surface area (Å²) in [6.45, 7) is 2.50. The molecule has 0 unspecified atom stereocenters. The van der Waals surface area contributed by atoms with Crippen molar-refractivity contribution in [3.05, 3.63) is 28.7 Å². The van der Waals surface area contributed by atoms with Crippen LogP contribution in [0.15, 0.2) is 28.7 Å². The summed E-state index contributed by atoms with van der Waals surface area (Å²) in [6.07, 6.45) is 0. The molecule has 1 N–H and O–H groups in total. The molecule has 1 aliphatic rings. The highest BCUT2D eigenvalue weighted by Crippen LogP contribution is 2.20. The molecule has 1 aromatic rings. The molecule has 0 atom stereocenters. The Bertz CT molecular complexity index is 408. The lowest BCUT2D eigenvalue weighted by Gasteiger charge is -2.43. The van der Waals surface area contributed by atoms with Crippen LogP contribution < -0.4 is 4.74 Å². The highest BCUT2D eigenvalue weighted by atomic mass is 79.9. The summed E-state index contributed by atoms with van der Waals surface area (Å²) in [5.41, 5.74) is -0.729. The number of halogens is 1. The molecule has 1 aliphatic heterocycles. The maximum Gasteiger partial charge on any atom is 0.260 e. The lowest BCUT2D eigenvalue weighted by Crippen LogP contribution is -2.62. The number of rotatable bonds is 3. The molecule has 1 heterocycles. The first-order valence-corrected chi connectivity index (χ1v) is 6.14. The molecule has 0 bridgehead atoms. The van der Waals surface area contributed by atoms with E-state index < -0.39 is 5.60 Å². The topological polar surface area (TPSA) is 49.8 Å². The van der Waals surface area contributed by atoms with Crippen LogP contribution in [0.5, 0.6) is 5.75 Å². The summed E-state index contributed by atoms with van der Waals surface area (Å²) < 4.78 is 6.32. The highest BCUT2D eigenvalue weighted by Gasteiger charge is 2.39. The van der Waals surface area contributed by atoms with Gasteiger partial charge >= 0.3 is 0 Å². The minimum atomic E-state index is -0.729. The molecule has 1 fully saturated rings. The average Bonchev–Trinajstić information content (AvgIpc) is 2.24. The van der Waals surface area contributed by atoms with Crippen molar-refractivity contribution in [2.24, 2.45) is 0 Å². The van der Waals surface area contributed by atoms with Gasteiger partial charge in [0, 0.05) is 4.47 Å². The zero-order valence-electron chi connectivity index (χ0n) is 9.52. The van der Waals surface area contributed by atoms with Gasteiger partial charge in [0.1, 0.15) is 5.75 Å². The van der Waals surface area contributed by atoms with Crippen LogP contribution >= 0.6 is 15.9 Å². The number of β-amino-alcohol motifs (C(OH)–C–C–N with tert-alkyl or cyclic N) is 1. The van der Waals surface area contributed by atoms with Crippen molar-refractivity contribution in [1.29, 1.82) is 0 Å². The standard InChI is InChI=1S/C12H14BrNO3/c1-12(16)7-14(8-12)11(15)6-17-10-4-2-9(13)3-5-10/h2-5,16H,6-8H2,1H3. The van der Waals surface area contributed by atoms with Gasteiger partial charge < -0.3 is 14.7 Å². The van der Waals surface area contributed by atoms with Crippen molar-refractivity contribution in [3.63, 3.8) is 0 Å². The van der Waals surface area contributed by atoms with Crippen molar-refractivity contribution >= 4 is 21.8 Å². The number of amides is 1. The lowest BCUT2D eigenvalue weighted by atomic mass is 9.97. The molecular weight excluding hydrogens is 286 g/mol. The fourth-order valence-corrected chi connectivity index (χ4v) is 1.98. The molecular formula is C12H14BrNO3. The number of likely N-dealkylation sites (tertiary alicyclic amines) is 1. The molecule has 5 heteroatoms. The Labute approximate surface area is 108 Å². The third-order valence-corrected chi connectivity index (χ3v) is 3.12. The third kappa shape index (κ3) is 3.20. The normalized spacial score (nSPS) is 17.5. The Balaban J connectivity index is 1.79. The summed E-state index contributed by atoms with van der Waals surface area (Å²) in [4.78, 5) is 13.2. The maximum absolute atomic E-state index is 11.6. The van der Waals surface area contributed by atoms with Crippen molar-refractivity contribution in [2.45, 2.75) is 12.5 Å². The van der Waals surface area contributed by atoms with Crippen molar-refractivity contribution in [3.8, 4) is 5.75 Å². The van der Waals surface area contributed by atoms with Gasteiger partial charge in [-0.2, -0.15) is 0 Å². The van der Waals surface area contributed by atoms with Gasteiger partial charge in [0.05, 0.1) is 18.7 Å². The molecule has 1 saturated heterocycles. The zero-order chi connectivity index (χ0) is 12.5. The quantitative estimate of drug-likeness (QED) is 0.918. The average molecular weight is 300 g/mol. The third-order valence-electron chi connectivity index (χ3n) is 2.59. The van der Waals surface area contributed by atoms with Crippen LogP contribution in [0.25, 0.3) is 0 Å². The number of carbonyl (C=O) groups is 1. The summed E-state index contributed by atoms with van der Waals surface area (Å²) in [7, 11) is 0. The van der Waals surface area contributed by atoms with E-state index in [2.05, 4.69) is 15.9 Å². The first-order chi connectivity index (χ1) is 7.96. The number of nitrogens with zero attached hydrogens (tertiary/aromatic N) is 1. The van der Waals surface area contributed by atoms with Gasteiger partial charge in [-0.3, -0.25) is 4.79 Å². The monoisotopic (exact) mass is 299 g/mol. The molecule has 0 aliphatic carbocycles. The molecule has 0 spiro atoms. The van der Waals surface area contributed by atoms with E-state index in [1.165, 1.54) is 0 Å². The summed E-state index contributed by atoms with van der Waals surface area (Å²) in [6, 6.07) is 7.30. The molecule has 1 aromatic carbocycles. The van der Waals surface area contributed by atoms with Crippen LogP contribution in [0.2, 0.25) is 0 Å². The number of benzene rings is 1. The van der Waals surface area contributed by atoms with Gasteiger partial charge in [-0.25, -0.2) is 0 Å². The Hall–Kier alpha value is -1.07. The molecule has 0 saturated carbocycles. The first-order valence-electron chi connectivity index (χ1n) is 5.35. The molecule has 92 valence electrons. The first kappa shape index (κ1) is 12.4. The smallest absolute Gasteiger partial charge is 0.260 e. The van der Waals surface area contributed by atoms with E-state index in [1.54, 1.807) is 24.0 Å². The fraction of sp³-hybridized carbons (Fsp3) is 0.417. The fourth-order valence-electron chi connectivity index (χ4n) is 1.72. The SMILES string of the molecule is CC1(O)CN(C(=O)COc2ccc(Br)cc2)C1. The Kier molecular flexibility index (Phi) is 3.40. The van der Waals surface area contributed by atoms with E-state index in [9.17, 15) is 9.90 Å².